The predicted molar refractivity (Wildman–Crippen MR) is 31.1 cm³/mol. The van der Waals surface area contributed by atoms with Crippen LogP contribution in [0.2, 0.25) is 1.41 Å². The topological polar surface area (TPSA) is 82.0 Å². The number of hydrogen-bond acceptors (Lipinski definition) is 2. The first kappa shape index (κ1) is 6.03. The summed E-state index contributed by atoms with van der Waals surface area (Å²) in [4.78, 5) is 20.8. The molecule has 0 fully saturated rings. The first-order valence-corrected chi connectivity index (χ1v) is 2.34. The standard InChI is InChI=1S/C4H8N3O2/c1-6-3(8)2-4(9)7-5/h5H,2H2,1H3,(H,6,8)(H,7,9)/q-1/i/hT. The van der Waals surface area contributed by atoms with E-state index < -0.39 is 11.8 Å². The second-order valence-electron chi connectivity index (χ2n) is 1.38. The SMILES string of the molecule is [3H][N-]NC(=O)CC(=O)NC. The first-order chi connectivity index (χ1) is 4.70. The maximum Gasteiger partial charge on any atom is 0.229 e. The van der Waals surface area contributed by atoms with Crippen LogP contribution in [0.5, 0.6) is 0 Å². The van der Waals surface area contributed by atoms with Crippen molar-refractivity contribution < 1.29 is 11.0 Å². The van der Waals surface area contributed by atoms with Gasteiger partial charge in [0, 0.05) is 7.05 Å². The number of hydrogen-bond donors (Lipinski definition) is 2. The van der Waals surface area contributed by atoms with Gasteiger partial charge in [-0.05, 0) is 0 Å². The second kappa shape index (κ2) is 3.85. The van der Waals surface area contributed by atoms with Gasteiger partial charge in [-0.25, -0.2) is 0 Å². The Hall–Kier alpha value is -1.10. The van der Waals surface area contributed by atoms with Crippen LogP contribution in [0.3, 0.4) is 0 Å². The van der Waals surface area contributed by atoms with Crippen molar-refractivity contribution in [3.8, 4) is 0 Å². The molecule has 52 valence electrons. The Kier molecular flexibility index (Phi) is 2.58. The minimum Gasteiger partial charge on any atom is -0.584 e. The van der Waals surface area contributed by atoms with Crippen LogP contribution in [0.25, 0.3) is 5.84 Å². The van der Waals surface area contributed by atoms with Gasteiger partial charge in [-0.3, -0.25) is 9.59 Å². The Morgan fingerprint density at radius 1 is 1.67 bits per heavy atom. The smallest absolute Gasteiger partial charge is 0.229 e. The molecule has 9 heavy (non-hydrogen) atoms. The lowest BCUT2D eigenvalue weighted by atomic mass is 10.4. The monoisotopic (exact) mass is 132 g/mol. The fourth-order valence-electron chi connectivity index (χ4n) is 0.274. The van der Waals surface area contributed by atoms with E-state index in [-0.39, 0.29) is 6.42 Å². The van der Waals surface area contributed by atoms with E-state index in [9.17, 15) is 9.59 Å². The van der Waals surface area contributed by atoms with E-state index in [0.717, 1.165) is 0 Å². The van der Waals surface area contributed by atoms with Gasteiger partial charge in [-0.2, -0.15) is 0 Å². The molecule has 0 saturated carbocycles. The quantitative estimate of drug-likeness (QED) is 0.389. The van der Waals surface area contributed by atoms with Gasteiger partial charge in [0.05, 0.1) is 0 Å². The van der Waals surface area contributed by atoms with Gasteiger partial charge in [0.1, 0.15) is 6.42 Å². The molecule has 0 aromatic carbocycles. The fourth-order valence-corrected chi connectivity index (χ4v) is 0.274. The van der Waals surface area contributed by atoms with Crippen LogP contribution in [-0.4, -0.2) is 18.9 Å². The molecule has 2 amide bonds. The van der Waals surface area contributed by atoms with Gasteiger partial charge >= 0.3 is 0 Å². The molecule has 0 aromatic heterocycles. The van der Waals surface area contributed by atoms with Crippen molar-refractivity contribution in [1.29, 1.82) is 0 Å². The number of carbonyl (C=O) groups excluding carboxylic acids is 2. The molecule has 5 heteroatoms. The summed E-state index contributed by atoms with van der Waals surface area (Å²) in [5, 5.41) is 2.25. The largest absolute Gasteiger partial charge is 0.584 e. The third-order valence-electron chi connectivity index (χ3n) is 0.725. The highest BCUT2D eigenvalue weighted by atomic mass is 16.2. The van der Waals surface area contributed by atoms with E-state index >= 15 is 0 Å². The molecule has 0 heterocycles. The van der Waals surface area contributed by atoms with Crippen LogP contribution in [0.1, 0.15) is 6.42 Å². The third kappa shape index (κ3) is 3.48. The van der Waals surface area contributed by atoms with Gasteiger partial charge in [-0.15, -0.1) is 1.41 Å². The van der Waals surface area contributed by atoms with Crippen LogP contribution in [0.15, 0.2) is 0 Å². The predicted octanol–water partition coefficient (Wildman–Crippen LogP) is -0.794. The van der Waals surface area contributed by atoms with Gasteiger partial charge in [-0.1, -0.05) is 0 Å². The molecule has 5 nitrogen and oxygen atoms in total. The number of carbonyl (C=O) groups is 2. The molecule has 0 saturated heterocycles. The Morgan fingerprint density at radius 3 is 2.78 bits per heavy atom. The van der Waals surface area contributed by atoms with Crippen molar-refractivity contribution in [1.82, 2.24) is 10.7 Å². The normalized spacial score (nSPS) is 9.67. The number of rotatable bonds is 3. The average molecular weight is 132 g/mol. The molecule has 0 unspecified atom stereocenters. The Morgan fingerprint density at radius 2 is 2.33 bits per heavy atom. The van der Waals surface area contributed by atoms with E-state index in [1.165, 1.54) is 7.05 Å². The zero-order valence-electron chi connectivity index (χ0n) is 5.97. The second-order valence-corrected chi connectivity index (χ2v) is 1.38. The number of nitrogens with one attached hydrogen (secondary N) is 3. The van der Waals surface area contributed by atoms with Gasteiger partial charge in [0.25, 0.3) is 0 Å². The summed E-state index contributed by atoms with van der Waals surface area (Å²) < 4.78 is 6.20. The summed E-state index contributed by atoms with van der Waals surface area (Å²) in [6.45, 7) is 0. The summed E-state index contributed by atoms with van der Waals surface area (Å²) >= 11 is 0. The van der Waals surface area contributed by atoms with Crippen molar-refractivity contribution in [3.63, 3.8) is 0 Å². The lowest BCUT2D eigenvalue weighted by molar-refractivity contribution is -0.128. The molecule has 0 atom stereocenters. The first-order valence-electron chi connectivity index (χ1n) is 2.79. The van der Waals surface area contributed by atoms with Crippen LogP contribution in [0.4, 0.5) is 0 Å². The summed E-state index contributed by atoms with van der Waals surface area (Å²) in [6, 6.07) is 0. The van der Waals surface area contributed by atoms with Crippen LogP contribution < -0.4 is 10.7 Å². The molecule has 0 aliphatic carbocycles. The van der Waals surface area contributed by atoms with Gasteiger partial charge < -0.3 is 16.6 Å². The molecular weight excluding hydrogens is 122 g/mol. The summed E-state index contributed by atoms with van der Waals surface area (Å²) in [7, 11) is 1.42. The lowest BCUT2D eigenvalue weighted by Crippen LogP contribution is -2.26. The summed E-state index contributed by atoms with van der Waals surface area (Å²) in [6.07, 6.45) is -0.293. The molecule has 3 N–H and O–H groups in total. The zero-order chi connectivity index (χ0) is 7.98. The van der Waals surface area contributed by atoms with Crippen molar-refractivity contribution in [2.45, 2.75) is 6.42 Å². The van der Waals surface area contributed by atoms with E-state index in [2.05, 4.69) is 11.2 Å². The highest BCUT2D eigenvalue weighted by Crippen LogP contribution is 1.76. The number of amides is 2. The average Bonchev–Trinajstić information content (AvgIpc) is 1.88. The molecule has 0 rings (SSSR count). The molecule has 0 bridgehead atoms. The molecule has 0 aliphatic heterocycles. The van der Waals surface area contributed by atoms with Crippen LogP contribution in [0, 0.1) is 0 Å². The molecule has 0 spiro atoms. The van der Waals surface area contributed by atoms with Crippen molar-refractivity contribution in [2.24, 2.45) is 0 Å². The van der Waals surface area contributed by atoms with E-state index in [0.29, 0.717) is 0 Å². The van der Waals surface area contributed by atoms with E-state index in [1.54, 1.807) is 5.43 Å². The third-order valence-corrected chi connectivity index (χ3v) is 0.725. The Bertz CT molecular complexity index is 138. The maximum absolute atomic E-state index is 10.4. The van der Waals surface area contributed by atoms with Crippen molar-refractivity contribution >= 4 is 11.8 Å². The maximum atomic E-state index is 10.4. The highest BCUT2D eigenvalue weighted by molar-refractivity contribution is 5.96. The van der Waals surface area contributed by atoms with Crippen molar-refractivity contribution in [2.75, 3.05) is 7.05 Å². The minimum atomic E-state index is -0.589. The van der Waals surface area contributed by atoms with Crippen molar-refractivity contribution in [3.05, 3.63) is 5.84 Å². The van der Waals surface area contributed by atoms with Gasteiger partial charge in [0.15, 0.2) is 0 Å². The van der Waals surface area contributed by atoms with Crippen LogP contribution >= 0.6 is 0 Å². The fraction of sp³-hybridized carbons (Fsp3) is 0.500. The van der Waals surface area contributed by atoms with Crippen LogP contribution in [-0.2, 0) is 9.59 Å². The molecule has 0 aliphatic rings. The van der Waals surface area contributed by atoms with Gasteiger partial charge in [0.2, 0.25) is 11.8 Å². The summed E-state index contributed by atoms with van der Waals surface area (Å²) in [5.74, 6) is 1.60. The lowest BCUT2D eigenvalue weighted by Gasteiger charge is -2.02. The minimum absolute atomic E-state index is 0.293. The Labute approximate surface area is 54.0 Å². The van der Waals surface area contributed by atoms with E-state index in [1.807, 2.05) is 0 Å². The molecule has 0 radical (unpaired) electrons. The molecule has 0 aromatic rings. The zero-order valence-corrected chi connectivity index (χ0v) is 4.97. The highest BCUT2D eigenvalue weighted by Gasteiger charge is 2.01. The molecular formula is C4H8N3O2-. The van der Waals surface area contributed by atoms with E-state index in [4.69, 9.17) is 1.41 Å². The Balaban J connectivity index is 3.47. The summed E-state index contributed by atoms with van der Waals surface area (Å²) in [5.41, 5.74) is 1.80.